The van der Waals surface area contributed by atoms with Gasteiger partial charge in [0.15, 0.2) is 0 Å². The fraction of sp³-hybridized carbons (Fsp3) is 0.786. The van der Waals surface area contributed by atoms with Gasteiger partial charge in [0.25, 0.3) is 0 Å². The zero-order chi connectivity index (χ0) is 14.4. The van der Waals surface area contributed by atoms with Crippen molar-refractivity contribution in [1.29, 1.82) is 0 Å². The number of hydrogen-bond donors (Lipinski definition) is 2. The Morgan fingerprint density at radius 2 is 2.20 bits per heavy atom. The van der Waals surface area contributed by atoms with E-state index in [1.54, 1.807) is 0 Å². The van der Waals surface area contributed by atoms with E-state index in [2.05, 4.69) is 15.4 Å². The first kappa shape index (κ1) is 15.0. The summed E-state index contributed by atoms with van der Waals surface area (Å²) in [5.74, 6) is 2.00. The van der Waals surface area contributed by atoms with Crippen LogP contribution < -0.4 is 11.1 Å². The molecule has 1 atom stereocenters. The first-order valence-electron chi connectivity index (χ1n) is 7.59. The minimum Gasteiger partial charge on any atom is -0.351 e. The van der Waals surface area contributed by atoms with Gasteiger partial charge in [0, 0.05) is 18.9 Å². The van der Waals surface area contributed by atoms with Gasteiger partial charge < -0.3 is 11.1 Å². The Labute approximate surface area is 120 Å². The molecule has 1 aliphatic rings. The summed E-state index contributed by atoms with van der Waals surface area (Å²) in [6.45, 7) is 3.39. The largest absolute Gasteiger partial charge is 0.351 e. The normalized spacial score (nSPS) is 17.8. The number of carbonyl (C=O) groups excluding carboxylic acids is 1. The van der Waals surface area contributed by atoms with Crippen LogP contribution in [0.5, 0.6) is 0 Å². The van der Waals surface area contributed by atoms with Crippen LogP contribution in [0.1, 0.15) is 50.2 Å². The Hall–Kier alpha value is -1.43. The van der Waals surface area contributed by atoms with E-state index in [1.165, 1.54) is 0 Å². The minimum absolute atomic E-state index is 0.156. The Morgan fingerprint density at radius 1 is 1.40 bits per heavy atom. The molecule has 0 saturated carbocycles. The van der Waals surface area contributed by atoms with Crippen molar-refractivity contribution in [3.05, 3.63) is 11.6 Å². The fourth-order valence-electron chi connectivity index (χ4n) is 2.63. The quantitative estimate of drug-likeness (QED) is 0.727. The van der Waals surface area contributed by atoms with Crippen molar-refractivity contribution in [2.24, 2.45) is 5.73 Å². The molecule has 1 aliphatic heterocycles. The molecule has 3 N–H and O–H groups in total. The molecule has 0 bridgehead atoms. The summed E-state index contributed by atoms with van der Waals surface area (Å²) in [5, 5.41) is 7.45. The molecule has 6 heteroatoms. The topological polar surface area (TPSA) is 85.8 Å². The molecular formula is C14H25N5O. The maximum Gasteiger partial charge on any atom is 0.220 e. The number of fused-ring (bicyclic) bond motifs is 1. The lowest BCUT2D eigenvalue weighted by Crippen LogP contribution is -2.41. The van der Waals surface area contributed by atoms with Crippen LogP contribution in [0.4, 0.5) is 0 Å². The molecule has 1 aromatic rings. The second-order valence-electron chi connectivity index (χ2n) is 5.51. The van der Waals surface area contributed by atoms with Crippen LogP contribution in [0.15, 0.2) is 0 Å². The molecule has 0 aromatic carbocycles. The van der Waals surface area contributed by atoms with Crippen LogP contribution >= 0.6 is 0 Å². The van der Waals surface area contributed by atoms with Crippen molar-refractivity contribution in [1.82, 2.24) is 20.1 Å². The number of hydrogen-bond acceptors (Lipinski definition) is 4. The zero-order valence-corrected chi connectivity index (χ0v) is 12.3. The second-order valence-corrected chi connectivity index (χ2v) is 5.51. The summed E-state index contributed by atoms with van der Waals surface area (Å²) < 4.78 is 1.92. The number of unbranched alkanes of at least 4 members (excludes halogenated alkanes) is 3. The summed E-state index contributed by atoms with van der Waals surface area (Å²) in [7, 11) is 0. The van der Waals surface area contributed by atoms with E-state index in [-0.39, 0.29) is 11.9 Å². The highest BCUT2D eigenvalue weighted by Crippen LogP contribution is 2.13. The first-order chi connectivity index (χ1) is 9.69. The van der Waals surface area contributed by atoms with Crippen molar-refractivity contribution in [3.8, 4) is 0 Å². The third-order valence-electron chi connectivity index (χ3n) is 3.69. The molecule has 1 unspecified atom stereocenters. The van der Waals surface area contributed by atoms with Crippen LogP contribution in [-0.2, 0) is 17.8 Å². The van der Waals surface area contributed by atoms with E-state index in [9.17, 15) is 4.79 Å². The number of rotatable bonds is 7. The maximum atomic E-state index is 11.9. The van der Waals surface area contributed by atoms with Gasteiger partial charge in [-0.15, -0.1) is 0 Å². The lowest BCUT2D eigenvalue weighted by Gasteiger charge is -2.23. The van der Waals surface area contributed by atoms with Crippen LogP contribution in [0.2, 0.25) is 0 Å². The number of amides is 1. The van der Waals surface area contributed by atoms with Crippen LogP contribution in [-0.4, -0.2) is 33.3 Å². The van der Waals surface area contributed by atoms with Crippen molar-refractivity contribution in [2.45, 2.75) is 64.5 Å². The van der Waals surface area contributed by atoms with Crippen molar-refractivity contribution in [2.75, 3.05) is 6.54 Å². The molecule has 1 aromatic heterocycles. The van der Waals surface area contributed by atoms with Gasteiger partial charge in [-0.3, -0.25) is 4.79 Å². The number of nitrogens with two attached hydrogens (primary N) is 1. The predicted molar refractivity (Wildman–Crippen MR) is 77.2 cm³/mol. The first-order valence-corrected chi connectivity index (χ1v) is 7.59. The fourth-order valence-corrected chi connectivity index (χ4v) is 2.63. The molecule has 2 heterocycles. The summed E-state index contributed by atoms with van der Waals surface area (Å²) >= 11 is 0. The van der Waals surface area contributed by atoms with Crippen LogP contribution in [0.3, 0.4) is 0 Å². The number of nitrogens with one attached hydrogen (secondary N) is 1. The minimum atomic E-state index is 0.156. The second kappa shape index (κ2) is 7.38. The molecule has 112 valence electrons. The standard InChI is InChI=1S/C14H25N5O/c1-11-16-13-8-7-12(10-19(13)18-11)17-14(20)6-4-2-3-5-9-15/h12H,2-10,15H2,1H3,(H,17,20). The third-order valence-corrected chi connectivity index (χ3v) is 3.69. The van der Waals surface area contributed by atoms with Gasteiger partial charge in [0.05, 0.1) is 6.54 Å². The van der Waals surface area contributed by atoms with Crippen LogP contribution in [0.25, 0.3) is 0 Å². The lowest BCUT2D eigenvalue weighted by molar-refractivity contribution is -0.122. The molecule has 0 aliphatic carbocycles. The van der Waals surface area contributed by atoms with E-state index in [1.807, 2.05) is 11.6 Å². The highest BCUT2D eigenvalue weighted by molar-refractivity contribution is 5.76. The van der Waals surface area contributed by atoms with Gasteiger partial charge in [-0.2, -0.15) is 5.10 Å². The smallest absolute Gasteiger partial charge is 0.220 e. The highest BCUT2D eigenvalue weighted by Gasteiger charge is 2.21. The predicted octanol–water partition coefficient (Wildman–Crippen LogP) is 0.927. The SMILES string of the molecule is Cc1nc2n(n1)CC(NC(=O)CCCCCCN)CC2. The lowest BCUT2D eigenvalue weighted by atomic mass is 10.1. The maximum absolute atomic E-state index is 11.9. The average Bonchev–Trinajstić information content (AvgIpc) is 2.78. The summed E-state index contributed by atoms with van der Waals surface area (Å²) in [4.78, 5) is 16.3. The number of aryl methyl sites for hydroxylation is 2. The monoisotopic (exact) mass is 279 g/mol. The molecular weight excluding hydrogens is 254 g/mol. The van der Waals surface area contributed by atoms with E-state index in [4.69, 9.17) is 5.73 Å². The average molecular weight is 279 g/mol. The van der Waals surface area contributed by atoms with Crippen molar-refractivity contribution >= 4 is 5.91 Å². The van der Waals surface area contributed by atoms with E-state index in [0.717, 1.165) is 63.3 Å². The molecule has 20 heavy (non-hydrogen) atoms. The Balaban J connectivity index is 1.68. The van der Waals surface area contributed by atoms with Gasteiger partial charge in [-0.05, 0) is 32.7 Å². The zero-order valence-electron chi connectivity index (χ0n) is 12.3. The Bertz CT molecular complexity index is 443. The Kier molecular flexibility index (Phi) is 5.52. The molecule has 0 spiro atoms. The number of aromatic nitrogens is 3. The molecule has 2 rings (SSSR count). The molecule has 6 nitrogen and oxygen atoms in total. The third kappa shape index (κ3) is 4.30. The highest BCUT2D eigenvalue weighted by atomic mass is 16.1. The summed E-state index contributed by atoms with van der Waals surface area (Å²) in [6, 6.07) is 0.195. The van der Waals surface area contributed by atoms with E-state index >= 15 is 0 Å². The van der Waals surface area contributed by atoms with Gasteiger partial charge in [-0.1, -0.05) is 12.8 Å². The van der Waals surface area contributed by atoms with E-state index in [0.29, 0.717) is 6.42 Å². The van der Waals surface area contributed by atoms with Gasteiger partial charge in [0.1, 0.15) is 11.6 Å². The van der Waals surface area contributed by atoms with Crippen molar-refractivity contribution in [3.63, 3.8) is 0 Å². The van der Waals surface area contributed by atoms with Gasteiger partial charge >= 0.3 is 0 Å². The molecule has 0 saturated heterocycles. The molecule has 0 fully saturated rings. The van der Waals surface area contributed by atoms with Gasteiger partial charge in [0.2, 0.25) is 5.91 Å². The number of carbonyl (C=O) groups is 1. The molecule has 0 radical (unpaired) electrons. The summed E-state index contributed by atoms with van der Waals surface area (Å²) in [6.07, 6.45) is 6.67. The summed E-state index contributed by atoms with van der Waals surface area (Å²) in [5.41, 5.74) is 5.44. The molecule has 1 amide bonds. The Morgan fingerprint density at radius 3 is 3.00 bits per heavy atom. The van der Waals surface area contributed by atoms with Crippen molar-refractivity contribution < 1.29 is 4.79 Å². The van der Waals surface area contributed by atoms with E-state index < -0.39 is 0 Å². The van der Waals surface area contributed by atoms with Crippen LogP contribution in [0, 0.1) is 6.92 Å². The van der Waals surface area contributed by atoms with Gasteiger partial charge in [-0.25, -0.2) is 9.67 Å². The number of nitrogens with zero attached hydrogens (tertiary/aromatic N) is 3.